The first-order chi connectivity index (χ1) is 13.5. The van der Waals surface area contributed by atoms with Gasteiger partial charge in [0.25, 0.3) is 0 Å². The van der Waals surface area contributed by atoms with Crippen LogP contribution in [0.4, 0.5) is 0 Å². The van der Waals surface area contributed by atoms with E-state index in [-0.39, 0.29) is 24.0 Å². The van der Waals surface area contributed by atoms with Crippen molar-refractivity contribution in [3.05, 3.63) is 42.0 Å². The van der Waals surface area contributed by atoms with Gasteiger partial charge in [-0.1, -0.05) is 31.2 Å². The normalized spacial score (nSPS) is 21.0. The summed E-state index contributed by atoms with van der Waals surface area (Å²) in [6.07, 6.45) is 8.44. The average Bonchev–Trinajstić information content (AvgIpc) is 3.20. The van der Waals surface area contributed by atoms with Crippen LogP contribution in [0.25, 0.3) is 0 Å². The van der Waals surface area contributed by atoms with E-state index in [1.165, 1.54) is 0 Å². The number of hydrogen-bond donors (Lipinski definition) is 2. The molecule has 1 aliphatic carbocycles. The lowest BCUT2D eigenvalue weighted by molar-refractivity contribution is 0.281. The molecule has 1 saturated heterocycles. The maximum atomic E-state index is 12.9. The molecule has 1 heterocycles. The van der Waals surface area contributed by atoms with Crippen LogP contribution >= 0.6 is 24.0 Å². The minimum absolute atomic E-state index is 0. The quantitative estimate of drug-likeness (QED) is 0.255. The van der Waals surface area contributed by atoms with E-state index in [0.717, 1.165) is 43.8 Å². The van der Waals surface area contributed by atoms with Crippen molar-refractivity contribution in [1.82, 2.24) is 14.9 Å². The van der Waals surface area contributed by atoms with Gasteiger partial charge in [0.15, 0.2) is 5.96 Å². The van der Waals surface area contributed by atoms with Gasteiger partial charge in [-0.2, -0.15) is 4.31 Å². The van der Waals surface area contributed by atoms with Crippen molar-refractivity contribution in [3.8, 4) is 0 Å². The third-order valence-corrected chi connectivity index (χ3v) is 7.17. The van der Waals surface area contributed by atoms with Gasteiger partial charge in [0.05, 0.1) is 11.4 Å². The minimum Gasteiger partial charge on any atom is -0.357 e. The molecule has 6 nitrogen and oxygen atoms in total. The van der Waals surface area contributed by atoms with Crippen LogP contribution in [0.15, 0.2) is 46.3 Å². The Bertz CT molecular complexity index is 800. The Morgan fingerprint density at radius 1 is 1.21 bits per heavy atom. The van der Waals surface area contributed by atoms with Gasteiger partial charge in [0, 0.05) is 25.7 Å². The number of nitrogens with zero attached hydrogens (tertiary/aromatic N) is 2. The summed E-state index contributed by atoms with van der Waals surface area (Å²) in [5, 5.41) is 6.71. The number of guanidine groups is 1. The number of rotatable bonds is 6. The van der Waals surface area contributed by atoms with Crippen LogP contribution in [0, 0.1) is 5.92 Å². The molecule has 2 N–H and O–H groups in total. The van der Waals surface area contributed by atoms with Crippen LogP contribution in [-0.2, 0) is 16.6 Å². The lowest BCUT2D eigenvalue weighted by Gasteiger charge is -2.30. The van der Waals surface area contributed by atoms with Crippen LogP contribution in [0.3, 0.4) is 0 Å². The lowest BCUT2D eigenvalue weighted by atomic mass is 10.0. The van der Waals surface area contributed by atoms with Gasteiger partial charge in [-0.25, -0.2) is 13.4 Å². The van der Waals surface area contributed by atoms with E-state index in [4.69, 9.17) is 0 Å². The Kier molecular flexibility index (Phi) is 9.42. The smallest absolute Gasteiger partial charge is 0.243 e. The molecule has 2 aliphatic rings. The SMILES string of the molecule is CCNC(=NCc1ccc(S(=O)(=O)N2CCCC(C)C2)cc1)NC1CC=CC1.I. The van der Waals surface area contributed by atoms with Crippen molar-refractivity contribution in [2.24, 2.45) is 10.9 Å². The third-order valence-electron chi connectivity index (χ3n) is 5.29. The molecule has 1 fully saturated rings. The van der Waals surface area contributed by atoms with E-state index in [1.807, 2.05) is 19.1 Å². The summed E-state index contributed by atoms with van der Waals surface area (Å²) in [6, 6.07) is 7.55. The first-order valence-corrected chi connectivity index (χ1v) is 11.7. The highest BCUT2D eigenvalue weighted by Crippen LogP contribution is 2.23. The molecule has 0 spiro atoms. The van der Waals surface area contributed by atoms with Crippen LogP contribution in [0.1, 0.15) is 45.1 Å². The number of halogens is 1. The molecule has 1 aliphatic heterocycles. The zero-order valence-corrected chi connectivity index (χ0v) is 20.4. The molecule has 1 aromatic rings. The highest BCUT2D eigenvalue weighted by atomic mass is 127. The third kappa shape index (κ3) is 6.68. The summed E-state index contributed by atoms with van der Waals surface area (Å²) in [5.41, 5.74) is 0.993. The van der Waals surface area contributed by atoms with Gasteiger partial charge in [0.1, 0.15) is 0 Å². The molecule has 3 rings (SSSR count). The van der Waals surface area contributed by atoms with Gasteiger partial charge < -0.3 is 10.6 Å². The largest absolute Gasteiger partial charge is 0.357 e. The van der Waals surface area contributed by atoms with Crippen LogP contribution in [0.2, 0.25) is 0 Å². The van der Waals surface area contributed by atoms with Crippen molar-refractivity contribution in [2.45, 2.75) is 57.0 Å². The number of nitrogens with one attached hydrogen (secondary N) is 2. The van der Waals surface area contributed by atoms with Gasteiger partial charge in [0.2, 0.25) is 10.0 Å². The van der Waals surface area contributed by atoms with Gasteiger partial charge in [-0.05, 0) is 56.2 Å². The van der Waals surface area contributed by atoms with Gasteiger partial charge in [-0.15, -0.1) is 24.0 Å². The minimum atomic E-state index is -3.40. The molecule has 29 heavy (non-hydrogen) atoms. The molecule has 1 aromatic carbocycles. The summed E-state index contributed by atoms with van der Waals surface area (Å²) >= 11 is 0. The molecule has 0 aromatic heterocycles. The number of sulfonamides is 1. The Hall–Kier alpha value is -1.13. The monoisotopic (exact) mass is 532 g/mol. The fourth-order valence-corrected chi connectivity index (χ4v) is 5.30. The van der Waals surface area contributed by atoms with E-state index in [9.17, 15) is 8.42 Å². The molecule has 162 valence electrons. The standard InChI is InChI=1S/C21H32N4O2S.HI/c1-3-22-21(24-19-8-4-5-9-19)23-15-18-10-12-20(13-11-18)28(26,27)25-14-6-7-17(2)16-25;/h4-5,10-13,17,19H,3,6-9,14-16H2,1-2H3,(H2,22,23,24);1H. The molecule has 1 atom stereocenters. The zero-order valence-electron chi connectivity index (χ0n) is 17.3. The number of piperidine rings is 1. The fourth-order valence-electron chi connectivity index (χ4n) is 3.70. The number of hydrogen-bond acceptors (Lipinski definition) is 3. The summed E-state index contributed by atoms with van der Waals surface area (Å²) < 4.78 is 27.3. The predicted octanol–water partition coefficient (Wildman–Crippen LogP) is 3.50. The van der Waals surface area contributed by atoms with E-state index in [2.05, 4.69) is 34.7 Å². The van der Waals surface area contributed by atoms with Crippen molar-refractivity contribution >= 4 is 40.0 Å². The average molecular weight is 532 g/mol. The first-order valence-electron chi connectivity index (χ1n) is 10.3. The summed E-state index contributed by atoms with van der Waals surface area (Å²) in [5.74, 6) is 1.22. The molecule has 0 radical (unpaired) electrons. The Morgan fingerprint density at radius 2 is 1.90 bits per heavy atom. The maximum Gasteiger partial charge on any atom is 0.243 e. The zero-order chi connectivity index (χ0) is 20.0. The molecule has 0 amide bonds. The topological polar surface area (TPSA) is 73.8 Å². The second-order valence-electron chi connectivity index (χ2n) is 7.73. The molecular weight excluding hydrogens is 499 g/mol. The second kappa shape index (κ2) is 11.3. The van der Waals surface area contributed by atoms with Crippen molar-refractivity contribution < 1.29 is 8.42 Å². The van der Waals surface area contributed by atoms with Crippen LogP contribution < -0.4 is 10.6 Å². The van der Waals surface area contributed by atoms with Gasteiger partial charge >= 0.3 is 0 Å². The fraction of sp³-hybridized carbons (Fsp3) is 0.571. The Labute approximate surface area is 192 Å². The highest BCUT2D eigenvalue weighted by molar-refractivity contribution is 14.0. The number of aliphatic imine (C=N–C) groups is 1. The Balaban J connectivity index is 0.00000300. The lowest BCUT2D eigenvalue weighted by Crippen LogP contribution is -2.42. The first kappa shape index (κ1) is 24.1. The van der Waals surface area contributed by atoms with Gasteiger partial charge in [-0.3, -0.25) is 0 Å². The molecular formula is C21H33IN4O2S. The summed E-state index contributed by atoms with van der Waals surface area (Å²) in [7, 11) is -3.40. The molecule has 1 unspecified atom stereocenters. The van der Waals surface area contributed by atoms with Crippen molar-refractivity contribution in [2.75, 3.05) is 19.6 Å². The molecule has 0 bridgehead atoms. The second-order valence-corrected chi connectivity index (χ2v) is 9.67. The highest BCUT2D eigenvalue weighted by Gasteiger charge is 2.28. The summed E-state index contributed by atoms with van der Waals surface area (Å²) in [4.78, 5) is 5.02. The molecule has 8 heteroatoms. The Morgan fingerprint density at radius 3 is 2.52 bits per heavy atom. The van der Waals surface area contributed by atoms with E-state index in [1.54, 1.807) is 16.4 Å². The van der Waals surface area contributed by atoms with Crippen LogP contribution in [0.5, 0.6) is 0 Å². The van der Waals surface area contributed by atoms with Crippen molar-refractivity contribution in [3.63, 3.8) is 0 Å². The number of benzene rings is 1. The van der Waals surface area contributed by atoms with Crippen molar-refractivity contribution in [1.29, 1.82) is 0 Å². The predicted molar refractivity (Wildman–Crippen MR) is 129 cm³/mol. The maximum absolute atomic E-state index is 12.9. The van der Waals surface area contributed by atoms with E-state index in [0.29, 0.717) is 36.5 Å². The van der Waals surface area contributed by atoms with E-state index < -0.39 is 10.0 Å². The molecule has 0 saturated carbocycles. The van der Waals surface area contributed by atoms with E-state index >= 15 is 0 Å². The van der Waals surface area contributed by atoms with Crippen LogP contribution in [-0.4, -0.2) is 44.4 Å². The summed E-state index contributed by atoms with van der Waals surface area (Å²) in [6.45, 7) is 6.70.